The SMILES string of the molecule is COc1cc(Br)c(Cl)cc1Nc1ccc(SCc2ccccc2)cc1C=CC(=O)O. The Morgan fingerprint density at radius 3 is 2.63 bits per heavy atom. The van der Waals surface area contributed by atoms with E-state index < -0.39 is 5.97 Å². The van der Waals surface area contributed by atoms with Crippen molar-refractivity contribution in [2.75, 3.05) is 12.4 Å². The molecule has 4 nitrogen and oxygen atoms in total. The van der Waals surface area contributed by atoms with Gasteiger partial charge in [0.15, 0.2) is 0 Å². The van der Waals surface area contributed by atoms with Crippen LogP contribution in [0.5, 0.6) is 5.75 Å². The quantitative estimate of drug-likeness (QED) is 0.250. The number of aliphatic carboxylic acids is 1. The zero-order valence-corrected chi connectivity index (χ0v) is 19.2. The van der Waals surface area contributed by atoms with Crippen LogP contribution >= 0.6 is 39.3 Å². The Balaban J connectivity index is 1.90. The number of hydrogen-bond acceptors (Lipinski definition) is 4. The Bertz CT molecular complexity index is 1070. The van der Waals surface area contributed by atoms with Crippen molar-refractivity contribution in [2.24, 2.45) is 0 Å². The van der Waals surface area contributed by atoms with E-state index in [0.29, 0.717) is 16.5 Å². The van der Waals surface area contributed by atoms with E-state index in [9.17, 15) is 4.79 Å². The lowest BCUT2D eigenvalue weighted by Gasteiger charge is -2.15. The molecule has 0 saturated heterocycles. The average Bonchev–Trinajstić information content (AvgIpc) is 2.75. The lowest BCUT2D eigenvalue weighted by atomic mass is 10.1. The Labute approximate surface area is 193 Å². The van der Waals surface area contributed by atoms with Gasteiger partial charge in [-0.2, -0.15) is 0 Å². The number of hydrogen-bond donors (Lipinski definition) is 2. The lowest BCUT2D eigenvalue weighted by Crippen LogP contribution is -1.98. The molecule has 0 aliphatic heterocycles. The van der Waals surface area contributed by atoms with Crippen molar-refractivity contribution in [1.29, 1.82) is 0 Å². The first-order valence-electron chi connectivity index (χ1n) is 8.98. The normalized spacial score (nSPS) is 10.9. The minimum absolute atomic E-state index is 0.538. The number of thioether (sulfide) groups is 1. The van der Waals surface area contributed by atoms with Gasteiger partial charge in [0, 0.05) is 26.9 Å². The maximum atomic E-state index is 11.1. The van der Waals surface area contributed by atoms with Gasteiger partial charge in [-0.3, -0.25) is 0 Å². The first kappa shape index (κ1) is 22.3. The number of ether oxygens (including phenoxy) is 1. The monoisotopic (exact) mass is 503 g/mol. The highest BCUT2D eigenvalue weighted by atomic mass is 79.9. The molecule has 0 heterocycles. The van der Waals surface area contributed by atoms with Crippen LogP contribution in [0.2, 0.25) is 5.02 Å². The fourth-order valence-electron chi connectivity index (χ4n) is 2.72. The third kappa shape index (κ3) is 6.05. The van der Waals surface area contributed by atoms with Gasteiger partial charge >= 0.3 is 5.97 Å². The van der Waals surface area contributed by atoms with Crippen LogP contribution in [0.3, 0.4) is 0 Å². The van der Waals surface area contributed by atoms with Crippen LogP contribution in [0, 0.1) is 0 Å². The summed E-state index contributed by atoms with van der Waals surface area (Å²) in [6.45, 7) is 0. The molecule has 0 fully saturated rings. The summed E-state index contributed by atoms with van der Waals surface area (Å²) in [4.78, 5) is 12.1. The Kier molecular flexibility index (Phi) is 7.85. The number of halogens is 2. The van der Waals surface area contributed by atoms with Crippen molar-refractivity contribution in [3.8, 4) is 5.75 Å². The van der Waals surface area contributed by atoms with Crippen molar-refractivity contribution in [3.05, 3.63) is 87.4 Å². The van der Waals surface area contributed by atoms with Gasteiger partial charge in [0.1, 0.15) is 5.75 Å². The molecule has 7 heteroatoms. The predicted molar refractivity (Wildman–Crippen MR) is 128 cm³/mol. The zero-order chi connectivity index (χ0) is 21.5. The van der Waals surface area contributed by atoms with Gasteiger partial charge in [-0.05, 0) is 63.5 Å². The van der Waals surface area contributed by atoms with Gasteiger partial charge in [0.2, 0.25) is 0 Å². The van der Waals surface area contributed by atoms with E-state index in [1.807, 2.05) is 36.4 Å². The molecule has 0 bridgehead atoms. The van der Waals surface area contributed by atoms with Crippen LogP contribution in [-0.4, -0.2) is 18.2 Å². The lowest BCUT2D eigenvalue weighted by molar-refractivity contribution is -0.131. The molecule has 0 radical (unpaired) electrons. The number of anilines is 2. The number of nitrogens with one attached hydrogen (secondary N) is 1. The molecule has 0 spiro atoms. The molecule has 3 rings (SSSR count). The highest BCUT2D eigenvalue weighted by Gasteiger charge is 2.11. The molecule has 3 aromatic carbocycles. The highest BCUT2D eigenvalue weighted by Crippen LogP contribution is 2.37. The Morgan fingerprint density at radius 1 is 1.17 bits per heavy atom. The van der Waals surface area contributed by atoms with E-state index in [1.165, 1.54) is 5.56 Å². The Hall–Kier alpha value is -2.41. The van der Waals surface area contributed by atoms with Crippen LogP contribution in [0.1, 0.15) is 11.1 Å². The fourth-order valence-corrected chi connectivity index (χ4v) is 4.11. The molecule has 0 amide bonds. The van der Waals surface area contributed by atoms with Gasteiger partial charge in [-0.15, -0.1) is 11.8 Å². The van der Waals surface area contributed by atoms with Crippen molar-refractivity contribution in [1.82, 2.24) is 0 Å². The van der Waals surface area contributed by atoms with Gasteiger partial charge < -0.3 is 15.2 Å². The summed E-state index contributed by atoms with van der Waals surface area (Å²) in [5, 5.41) is 12.9. The molecule has 3 aromatic rings. The van der Waals surface area contributed by atoms with E-state index in [2.05, 4.69) is 33.4 Å². The van der Waals surface area contributed by atoms with Crippen molar-refractivity contribution in [3.63, 3.8) is 0 Å². The highest BCUT2D eigenvalue weighted by molar-refractivity contribution is 9.10. The second-order valence-electron chi connectivity index (χ2n) is 6.29. The molecule has 0 saturated carbocycles. The summed E-state index contributed by atoms with van der Waals surface area (Å²) in [6, 6.07) is 19.6. The number of rotatable bonds is 8. The summed E-state index contributed by atoms with van der Waals surface area (Å²) in [6.07, 6.45) is 2.70. The number of carboxylic acids is 1. The van der Waals surface area contributed by atoms with Crippen LogP contribution in [0.25, 0.3) is 6.08 Å². The average molecular weight is 505 g/mol. The fraction of sp³-hybridized carbons (Fsp3) is 0.0870. The molecule has 0 aromatic heterocycles. The number of benzene rings is 3. The first-order chi connectivity index (χ1) is 14.5. The van der Waals surface area contributed by atoms with Crippen LogP contribution < -0.4 is 10.1 Å². The third-order valence-corrected chi connectivity index (χ3v) is 6.45. The number of carbonyl (C=O) groups is 1. The van der Waals surface area contributed by atoms with Crippen LogP contribution in [0.15, 0.2) is 76.1 Å². The molecule has 154 valence electrons. The third-order valence-electron chi connectivity index (χ3n) is 4.19. The summed E-state index contributed by atoms with van der Waals surface area (Å²) in [5.41, 5.74) is 3.40. The maximum Gasteiger partial charge on any atom is 0.328 e. The maximum absolute atomic E-state index is 11.1. The molecule has 0 aliphatic rings. The van der Waals surface area contributed by atoms with Crippen molar-refractivity contribution < 1.29 is 14.6 Å². The minimum atomic E-state index is -1.01. The van der Waals surface area contributed by atoms with Crippen LogP contribution in [0.4, 0.5) is 11.4 Å². The minimum Gasteiger partial charge on any atom is -0.495 e. The molecule has 0 atom stereocenters. The summed E-state index contributed by atoms with van der Waals surface area (Å²) < 4.78 is 6.16. The van der Waals surface area contributed by atoms with E-state index in [4.69, 9.17) is 21.4 Å². The van der Waals surface area contributed by atoms with Gasteiger partial charge in [-0.25, -0.2) is 4.79 Å². The molecule has 0 unspecified atom stereocenters. The number of carboxylic acid groups (broad SMARTS) is 1. The second-order valence-corrected chi connectivity index (χ2v) is 8.60. The Morgan fingerprint density at radius 2 is 1.93 bits per heavy atom. The summed E-state index contributed by atoms with van der Waals surface area (Å²) >= 11 is 11.3. The molecule has 0 aliphatic carbocycles. The second kappa shape index (κ2) is 10.6. The van der Waals surface area contributed by atoms with E-state index in [1.54, 1.807) is 37.1 Å². The van der Waals surface area contributed by atoms with Crippen LogP contribution in [-0.2, 0) is 10.5 Å². The largest absolute Gasteiger partial charge is 0.495 e. The molecular weight excluding hydrogens is 486 g/mol. The standard InChI is InChI=1S/C23H19BrClNO3S/c1-29-22-12-18(24)19(25)13-21(22)26-20-9-8-17(11-16(20)7-10-23(27)28)30-14-15-5-3-2-4-6-15/h2-13,26H,14H2,1H3,(H,27,28). The summed E-state index contributed by atoms with van der Waals surface area (Å²) in [7, 11) is 1.58. The predicted octanol–water partition coefficient (Wildman–Crippen LogP) is 7.24. The summed E-state index contributed by atoms with van der Waals surface area (Å²) in [5.74, 6) is 0.431. The van der Waals surface area contributed by atoms with E-state index >= 15 is 0 Å². The zero-order valence-electron chi connectivity index (χ0n) is 16.1. The molecular formula is C23H19BrClNO3S. The van der Waals surface area contributed by atoms with Crippen molar-refractivity contribution in [2.45, 2.75) is 10.6 Å². The first-order valence-corrected chi connectivity index (χ1v) is 11.1. The van der Waals surface area contributed by atoms with Crippen molar-refractivity contribution >= 4 is 62.7 Å². The van der Waals surface area contributed by atoms with E-state index in [-0.39, 0.29) is 0 Å². The topological polar surface area (TPSA) is 58.6 Å². The van der Waals surface area contributed by atoms with E-state index in [0.717, 1.165) is 32.4 Å². The number of methoxy groups -OCH3 is 1. The molecule has 30 heavy (non-hydrogen) atoms. The van der Waals surface area contributed by atoms with Gasteiger partial charge in [0.05, 0.1) is 17.8 Å². The van der Waals surface area contributed by atoms with Gasteiger partial charge in [-0.1, -0.05) is 41.9 Å². The molecule has 2 N–H and O–H groups in total. The van der Waals surface area contributed by atoms with Gasteiger partial charge in [0.25, 0.3) is 0 Å². The smallest absolute Gasteiger partial charge is 0.328 e.